The van der Waals surface area contributed by atoms with Crippen LogP contribution in [0.5, 0.6) is 0 Å². The molecule has 6 heteroatoms. The maximum atomic E-state index is 12.5. The Balaban J connectivity index is 1.94. The first-order valence-corrected chi connectivity index (χ1v) is 8.02. The van der Waals surface area contributed by atoms with Crippen LogP contribution in [0.4, 0.5) is 0 Å². The lowest BCUT2D eigenvalue weighted by molar-refractivity contribution is -0.129. The smallest absolute Gasteiger partial charge is 0.225 e. The highest BCUT2D eigenvalue weighted by molar-refractivity contribution is 5.89. The highest BCUT2D eigenvalue weighted by Gasteiger charge is 2.36. The summed E-state index contributed by atoms with van der Waals surface area (Å²) < 4.78 is 5.26. The third kappa shape index (κ3) is 4.58. The Morgan fingerprint density at radius 2 is 2.26 bits per heavy atom. The normalized spacial score (nSPS) is 19.9. The van der Waals surface area contributed by atoms with E-state index in [1.807, 2.05) is 26.8 Å². The quantitative estimate of drug-likeness (QED) is 0.832. The number of rotatable bonds is 6. The number of aliphatic hydroxyl groups is 1. The molecule has 1 saturated heterocycles. The Kier molecular flexibility index (Phi) is 5.46. The van der Waals surface area contributed by atoms with Gasteiger partial charge in [0.15, 0.2) is 0 Å². The SMILES string of the molecule is CC(C)(C)C(CCO)NC(=O)C1CC(=O)N(Cc2ccco2)C1. The molecule has 0 bridgehead atoms. The first kappa shape index (κ1) is 17.5. The molecule has 1 aliphatic heterocycles. The molecule has 2 N–H and O–H groups in total. The molecule has 0 aromatic carbocycles. The van der Waals surface area contributed by atoms with Crippen molar-refractivity contribution in [3.63, 3.8) is 0 Å². The number of aliphatic hydroxyl groups excluding tert-OH is 1. The Labute approximate surface area is 136 Å². The number of hydrogen-bond acceptors (Lipinski definition) is 4. The minimum atomic E-state index is -0.346. The molecule has 6 nitrogen and oxygen atoms in total. The van der Waals surface area contributed by atoms with E-state index in [0.29, 0.717) is 25.3 Å². The number of carbonyl (C=O) groups is 2. The topological polar surface area (TPSA) is 82.8 Å². The molecule has 1 fully saturated rings. The van der Waals surface area contributed by atoms with Crippen molar-refractivity contribution in [1.82, 2.24) is 10.2 Å². The second kappa shape index (κ2) is 7.17. The molecular formula is C17H26N2O4. The zero-order valence-electron chi connectivity index (χ0n) is 14.0. The average molecular weight is 322 g/mol. The third-order valence-corrected chi connectivity index (χ3v) is 4.29. The molecule has 2 rings (SSSR count). The second-order valence-corrected chi connectivity index (χ2v) is 7.19. The summed E-state index contributed by atoms with van der Waals surface area (Å²) in [6, 6.07) is 3.48. The molecule has 0 radical (unpaired) electrons. The molecule has 0 saturated carbocycles. The van der Waals surface area contributed by atoms with Gasteiger partial charge in [0, 0.05) is 25.6 Å². The predicted octanol–water partition coefficient (Wildman–Crippen LogP) is 1.54. The minimum absolute atomic E-state index is 0.0242. The first-order valence-electron chi connectivity index (χ1n) is 8.02. The molecule has 2 amide bonds. The van der Waals surface area contributed by atoms with E-state index in [-0.39, 0.29) is 42.2 Å². The average Bonchev–Trinajstić information content (AvgIpc) is 3.08. The summed E-state index contributed by atoms with van der Waals surface area (Å²) in [7, 11) is 0. The molecule has 2 atom stereocenters. The van der Waals surface area contributed by atoms with Crippen molar-refractivity contribution in [3.8, 4) is 0 Å². The van der Waals surface area contributed by atoms with Crippen molar-refractivity contribution in [3.05, 3.63) is 24.2 Å². The fraction of sp³-hybridized carbons (Fsp3) is 0.647. The van der Waals surface area contributed by atoms with Gasteiger partial charge in [0.2, 0.25) is 11.8 Å². The summed E-state index contributed by atoms with van der Waals surface area (Å²) in [5.74, 6) is 0.220. The Hall–Kier alpha value is -1.82. The zero-order valence-corrected chi connectivity index (χ0v) is 14.0. The number of nitrogens with zero attached hydrogens (tertiary/aromatic N) is 1. The lowest BCUT2D eigenvalue weighted by Crippen LogP contribution is -2.47. The highest BCUT2D eigenvalue weighted by Crippen LogP contribution is 2.24. The molecule has 2 unspecified atom stereocenters. The monoisotopic (exact) mass is 322 g/mol. The number of likely N-dealkylation sites (tertiary alicyclic amines) is 1. The van der Waals surface area contributed by atoms with Crippen molar-refractivity contribution in [2.75, 3.05) is 13.2 Å². The molecular weight excluding hydrogens is 296 g/mol. The van der Waals surface area contributed by atoms with Crippen LogP contribution in [0.3, 0.4) is 0 Å². The Bertz CT molecular complexity index is 533. The lowest BCUT2D eigenvalue weighted by Gasteiger charge is -2.32. The van der Waals surface area contributed by atoms with Gasteiger partial charge < -0.3 is 19.7 Å². The van der Waals surface area contributed by atoms with Crippen LogP contribution in [0.25, 0.3) is 0 Å². The van der Waals surface area contributed by atoms with Crippen LogP contribution in [-0.2, 0) is 16.1 Å². The number of furan rings is 1. The number of carbonyl (C=O) groups excluding carboxylic acids is 2. The molecule has 0 aliphatic carbocycles. The van der Waals surface area contributed by atoms with E-state index in [2.05, 4.69) is 5.32 Å². The van der Waals surface area contributed by atoms with Crippen LogP contribution in [0.1, 0.15) is 39.4 Å². The zero-order chi connectivity index (χ0) is 17.0. The first-order chi connectivity index (χ1) is 10.8. The van der Waals surface area contributed by atoms with Gasteiger partial charge in [0.05, 0.1) is 18.7 Å². The molecule has 0 spiro atoms. The van der Waals surface area contributed by atoms with E-state index in [9.17, 15) is 14.7 Å². The van der Waals surface area contributed by atoms with Crippen LogP contribution in [0.15, 0.2) is 22.8 Å². The van der Waals surface area contributed by atoms with Gasteiger partial charge in [-0.05, 0) is 24.0 Å². The number of amides is 2. The van der Waals surface area contributed by atoms with Crippen LogP contribution >= 0.6 is 0 Å². The van der Waals surface area contributed by atoms with E-state index in [4.69, 9.17) is 4.42 Å². The Morgan fingerprint density at radius 1 is 1.52 bits per heavy atom. The van der Waals surface area contributed by atoms with Gasteiger partial charge in [-0.25, -0.2) is 0 Å². The van der Waals surface area contributed by atoms with Crippen molar-refractivity contribution in [2.45, 2.75) is 46.2 Å². The number of nitrogens with one attached hydrogen (secondary N) is 1. The molecule has 2 heterocycles. The van der Waals surface area contributed by atoms with Gasteiger partial charge in [-0.2, -0.15) is 0 Å². The van der Waals surface area contributed by atoms with Crippen LogP contribution in [0.2, 0.25) is 0 Å². The number of hydrogen-bond donors (Lipinski definition) is 2. The second-order valence-electron chi connectivity index (χ2n) is 7.19. The molecule has 1 aromatic rings. The summed E-state index contributed by atoms with van der Waals surface area (Å²) in [4.78, 5) is 26.2. The van der Waals surface area contributed by atoms with Gasteiger partial charge in [-0.1, -0.05) is 20.8 Å². The summed E-state index contributed by atoms with van der Waals surface area (Å²) in [5.41, 5.74) is -0.144. The molecule has 1 aliphatic rings. The lowest BCUT2D eigenvalue weighted by atomic mass is 9.84. The summed E-state index contributed by atoms with van der Waals surface area (Å²) in [6.07, 6.45) is 2.30. The highest BCUT2D eigenvalue weighted by atomic mass is 16.3. The predicted molar refractivity (Wildman–Crippen MR) is 85.3 cm³/mol. The standard InChI is InChI=1S/C17H26N2O4/c1-17(2,3)14(6-7-20)18-16(22)12-9-15(21)19(10-12)11-13-5-4-8-23-13/h4-5,8,12,14,20H,6-7,9-11H2,1-3H3,(H,18,22). The van der Waals surface area contributed by atoms with Crippen LogP contribution in [-0.4, -0.2) is 41.0 Å². The minimum Gasteiger partial charge on any atom is -0.467 e. The van der Waals surface area contributed by atoms with Crippen molar-refractivity contribution < 1.29 is 19.1 Å². The van der Waals surface area contributed by atoms with Gasteiger partial charge >= 0.3 is 0 Å². The molecule has 23 heavy (non-hydrogen) atoms. The van der Waals surface area contributed by atoms with E-state index >= 15 is 0 Å². The van der Waals surface area contributed by atoms with Crippen LogP contribution in [0, 0.1) is 11.3 Å². The summed E-state index contributed by atoms with van der Waals surface area (Å²) in [6.45, 7) is 6.90. The summed E-state index contributed by atoms with van der Waals surface area (Å²) >= 11 is 0. The fourth-order valence-electron chi connectivity index (χ4n) is 2.83. The van der Waals surface area contributed by atoms with Gasteiger partial charge in [-0.15, -0.1) is 0 Å². The Morgan fingerprint density at radius 3 is 2.83 bits per heavy atom. The van der Waals surface area contributed by atoms with Gasteiger partial charge in [0.1, 0.15) is 5.76 Å². The van der Waals surface area contributed by atoms with Gasteiger partial charge in [-0.3, -0.25) is 9.59 Å². The maximum Gasteiger partial charge on any atom is 0.225 e. The van der Waals surface area contributed by atoms with Crippen molar-refractivity contribution >= 4 is 11.8 Å². The van der Waals surface area contributed by atoms with E-state index in [0.717, 1.165) is 0 Å². The van der Waals surface area contributed by atoms with Gasteiger partial charge in [0.25, 0.3) is 0 Å². The van der Waals surface area contributed by atoms with Crippen molar-refractivity contribution in [2.24, 2.45) is 11.3 Å². The molecule has 1 aromatic heterocycles. The fourth-order valence-corrected chi connectivity index (χ4v) is 2.83. The van der Waals surface area contributed by atoms with E-state index < -0.39 is 0 Å². The summed E-state index contributed by atoms with van der Waals surface area (Å²) in [5, 5.41) is 12.2. The van der Waals surface area contributed by atoms with Crippen LogP contribution < -0.4 is 5.32 Å². The largest absolute Gasteiger partial charge is 0.467 e. The van der Waals surface area contributed by atoms with Crippen molar-refractivity contribution in [1.29, 1.82) is 0 Å². The van der Waals surface area contributed by atoms with E-state index in [1.54, 1.807) is 17.2 Å². The molecule has 128 valence electrons. The van der Waals surface area contributed by atoms with E-state index in [1.165, 1.54) is 0 Å². The third-order valence-electron chi connectivity index (χ3n) is 4.29. The maximum absolute atomic E-state index is 12.5.